The van der Waals surface area contributed by atoms with Gasteiger partial charge in [-0.2, -0.15) is 5.10 Å². The first-order valence-corrected chi connectivity index (χ1v) is 9.85. The lowest BCUT2D eigenvalue weighted by Gasteiger charge is -2.25. The maximum absolute atomic E-state index is 13.8. The van der Waals surface area contributed by atoms with E-state index in [0.29, 0.717) is 24.5 Å². The second kappa shape index (κ2) is 10.3. The summed E-state index contributed by atoms with van der Waals surface area (Å²) in [5.74, 6) is 2.18. The first-order valence-electron chi connectivity index (χ1n) is 9.85. The molecule has 1 aliphatic rings. The van der Waals surface area contributed by atoms with Crippen molar-refractivity contribution in [2.75, 3.05) is 20.8 Å². The van der Waals surface area contributed by atoms with E-state index in [0.717, 1.165) is 43.3 Å². The van der Waals surface area contributed by atoms with Crippen LogP contribution in [0.5, 0.6) is 0 Å². The largest absolute Gasteiger partial charge is 0.380 e. The van der Waals surface area contributed by atoms with E-state index in [-0.39, 0.29) is 18.5 Å². The van der Waals surface area contributed by atoms with E-state index in [9.17, 15) is 4.39 Å². The molecule has 0 radical (unpaired) electrons. The van der Waals surface area contributed by atoms with Gasteiger partial charge < -0.3 is 20.1 Å². The van der Waals surface area contributed by atoms with E-state index >= 15 is 0 Å². The summed E-state index contributed by atoms with van der Waals surface area (Å²) in [6, 6.07) is 5.21. The molecule has 1 atom stereocenters. The van der Waals surface area contributed by atoms with Gasteiger partial charge >= 0.3 is 0 Å². The number of fused-ring (bicyclic) bond motifs is 1. The molecule has 0 spiro atoms. The number of aromatic nitrogens is 3. The van der Waals surface area contributed by atoms with Crippen LogP contribution in [0.3, 0.4) is 0 Å². The minimum Gasteiger partial charge on any atom is -0.380 e. The number of ether oxygens (including phenoxy) is 2. The highest BCUT2D eigenvalue weighted by atomic mass is 19.1. The molecule has 29 heavy (non-hydrogen) atoms. The molecule has 1 unspecified atom stereocenters. The quantitative estimate of drug-likeness (QED) is 0.515. The van der Waals surface area contributed by atoms with Crippen molar-refractivity contribution >= 4 is 5.96 Å². The van der Waals surface area contributed by atoms with Crippen LogP contribution in [0, 0.1) is 5.82 Å². The van der Waals surface area contributed by atoms with Gasteiger partial charge in [-0.1, -0.05) is 6.07 Å². The standard InChI is InChI=1S/C20H29FN6O2/c1-4-22-20(23-10-14-5-7-17(21)15(9-14)12-28-2)24-16-6-8-19-25-18(13-29-3)26-27(19)11-16/h5,7,9,16H,4,6,8,10-13H2,1-3H3,(H2,22,23,24). The molecule has 0 amide bonds. The van der Waals surface area contributed by atoms with Crippen molar-refractivity contribution in [2.45, 2.75) is 52.1 Å². The van der Waals surface area contributed by atoms with Crippen LogP contribution < -0.4 is 10.6 Å². The van der Waals surface area contributed by atoms with Gasteiger partial charge in [0.15, 0.2) is 11.8 Å². The topological polar surface area (TPSA) is 85.6 Å². The van der Waals surface area contributed by atoms with E-state index in [1.165, 1.54) is 6.07 Å². The second-order valence-electron chi connectivity index (χ2n) is 6.99. The maximum Gasteiger partial charge on any atom is 0.191 e. The van der Waals surface area contributed by atoms with E-state index in [4.69, 9.17) is 9.47 Å². The number of guanidine groups is 1. The van der Waals surface area contributed by atoms with Crippen LogP contribution in [0.4, 0.5) is 4.39 Å². The number of halogens is 1. The van der Waals surface area contributed by atoms with Gasteiger partial charge in [0.05, 0.1) is 19.7 Å². The zero-order valence-corrected chi connectivity index (χ0v) is 17.2. The number of rotatable bonds is 8. The third-order valence-corrected chi connectivity index (χ3v) is 4.69. The van der Waals surface area contributed by atoms with Gasteiger partial charge in [-0.05, 0) is 31.0 Å². The number of nitrogens with zero attached hydrogens (tertiary/aromatic N) is 4. The summed E-state index contributed by atoms with van der Waals surface area (Å²) in [5.41, 5.74) is 1.47. The van der Waals surface area contributed by atoms with Crippen molar-refractivity contribution in [3.8, 4) is 0 Å². The van der Waals surface area contributed by atoms with Gasteiger partial charge in [-0.3, -0.25) is 0 Å². The highest BCUT2D eigenvalue weighted by Crippen LogP contribution is 2.14. The monoisotopic (exact) mass is 404 g/mol. The van der Waals surface area contributed by atoms with Crippen molar-refractivity contribution in [1.29, 1.82) is 0 Å². The van der Waals surface area contributed by atoms with E-state index in [1.54, 1.807) is 26.4 Å². The van der Waals surface area contributed by atoms with E-state index in [1.807, 2.05) is 11.6 Å². The molecule has 0 saturated heterocycles. The Kier molecular flexibility index (Phi) is 7.54. The van der Waals surface area contributed by atoms with E-state index in [2.05, 4.69) is 25.7 Å². The van der Waals surface area contributed by atoms with Crippen LogP contribution >= 0.6 is 0 Å². The molecule has 8 nitrogen and oxygen atoms in total. The molecular weight excluding hydrogens is 375 g/mol. The summed E-state index contributed by atoms with van der Waals surface area (Å²) in [5, 5.41) is 11.3. The van der Waals surface area contributed by atoms with Crippen LogP contribution in [-0.2, 0) is 42.2 Å². The third kappa shape index (κ3) is 5.74. The highest BCUT2D eigenvalue weighted by molar-refractivity contribution is 5.80. The molecule has 1 aromatic heterocycles. The zero-order chi connectivity index (χ0) is 20.6. The molecule has 2 aromatic rings. The van der Waals surface area contributed by atoms with Crippen molar-refractivity contribution in [2.24, 2.45) is 4.99 Å². The fraction of sp³-hybridized carbons (Fsp3) is 0.550. The predicted octanol–water partition coefficient (Wildman–Crippen LogP) is 1.78. The Morgan fingerprint density at radius 3 is 2.90 bits per heavy atom. The normalized spacial score (nSPS) is 16.6. The predicted molar refractivity (Wildman–Crippen MR) is 108 cm³/mol. The number of nitrogens with one attached hydrogen (secondary N) is 2. The molecule has 0 saturated carbocycles. The van der Waals surface area contributed by atoms with E-state index < -0.39 is 0 Å². The fourth-order valence-corrected chi connectivity index (χ4v) is 3.34. The Labute approximate surface area is 170 Å². The summed E-state index contributed by atoms with van der Waals surface area (Å²) >= 11 is 0. The number of hydrogen-bond donors (Lipinski definition) is 2. The summed E-state index contributed by atoms with van der Waals surface area (Å²) in [6.07, 6.45) is 1.80. The van der Waals surface area contributed by atoms with Crippen molar-refractivity contribution in [3.63, 3.8) is 0 Å². The highest BCUT2D eigenvalue weighted by Gasteiger charge is 2.22. The zero-order valence-electron chi connectivity index (χ0n) is 17.2. The minimum atomic E-state index is -0.261. The van der Waals surface area contributed by atoms with Gasteiger partial charge in [0.25, 0.3) is 0 Å². The van der Waals surface area contributed by atoms with Crippen LogP contribution in [0.15, 0.2) is 23.2 Å². The molecule has 158 valence electrons. The number of benzene rings is 1. The van der Waals surface area contributed by atoms with Crippen molar-refractivity contribution in [3.05, 3.63) is 46.8 Å². The molecule has 2 heterocycles. The second-order valence-corrected chi connectivity index (χ2v) is 6.99. The van der Waals surface area contributed by atoms with Gasteiger partial charge in [-0.25, -0.2) is 19.0 Å². The Morgan fingerprint density at radius 1 is 1.31 bits per heavy atom. The van der Waals surface area contributed by atoms with Crippen LogP contribution in [0.25, 0.3) is 0 Å². The van der Waals surface area contributed by atoms with Crippen LogP contribution in [0.2, 0.25) is 0 Å². The van der Waals surface area contributed by atoms with Crippen LogP contribution in [-0.4, -0.2) is 47.5 Å². The number of hydrogen-bond acceptors (Lipinski definition) is 5. The molecule has 0 bridgehead atoms. The summed E-state index contributed by atoms with van der Waals surface area (Å²) in [4.78, 5) is 9.17. The maximum atomic E-state index is 13.8. The minimum absolute atomic E-state index is 0.203. The summed E-state index contributed by atoms with van der Waals surface area (Å²) in [7, 11) is 3.20. The Hall–Kier alpha value is -2.52. The lowest BCUT2D eigenvalue weighted by molar-refractivity contribution is 0.177. The van der Waals surface area contributed by atoms with Crippen molar-refractivity contribution in [1.82, 2.24) is 25.4 Å². The van der Waals surface area contributed by atoms with Gasteiger partial charge in [0.2, 0.25) is 0 Å². The number of aliphatic imine (C=N–C) groups is 1. The van der Waals surface area contributed by atoms with Crippen molar-refractivity contribution < 1.29 is 13.9 Å². The average Bonchev–Trinajstić information content (AvgIpc) is 3.10. The molecule has 0 fully saturated rings. The summed E-state index contributed by atoms with van der Waals surface area (Å²) in [6.45, 7) is 4.62. The fourth-order valence-electron chi connectivity index (χ4n) is 3.34. The molecule has 3 rings (SSSR count). The lowest BCUT2D eigenvalue weighted by atomic mass is 10.1. The number of aryl methyl sites for hydroxylation is 1. The Balaban J connectivity index is 1.64. The molecule has 1 aliphatic heterocycles. The van der Waals surface area contributed by atoms with Gasteiger partial charge in [-0.15, -0.1) is 0 Å². The average molecular weight is 404 g/mol. The van der Waals surface area contributed by atoms with Crippen LogP contribution in [0.1, 0.15) is 36.1 Å². The molecule has 0 aliphatic carbocycles. The molecule has 1 aromatic carbocycles. The summed E-state index contributed by atoms with van der Waals surface area (Å²) < 4.78 is 25.9. The third-order valence-electron chi connectivity index (χ3n) is 4.69. The first kappa shape index (κ1) is 21.2. The first-order chi connectivity index (χ1) is 14.1. The Morgan fingerprint density at radius 2 is 2.14 bits per heavy atom. The molecule has 2 N–H and O–H groups in total. The van der Waals surface area contributed by atoms with Gasteiger partial charge in [0, 0.05) is 38.8 Å². The Bertz CT molecular complexity index is 838. The lowest BCUT2D eigenvalue weighted by Crippen LogP contribution is -2.47. The number of methoxy groups -OCH3 is 2. The molecule has 9 heteroatoms. The smallest absolute Gasteiger partial charge is 0.191 e. The molecular formula is C20H29FN6O2. The SMILES string of the molecule is CCNC(=NCc1ccc(F)c(COC)c1)NC1CCc2nc(COC)nn2C1. The van der Waals surface area contributed by atoms with Gasteiger partial charge in [0.1, 0.15) is 18.2 Å².